The molecule has 2 unspecified atom stereocenters. The molecule has 1 fully saturated rings. The van der Waals surface area contributed by atoms with E-state index in [1.54, 1.807) is 11.3 Å². The summed E-state index contributed by atoms with van der Waals surface area (Å²) in [4.78, 5) is 14.4. The van der Waals surface area contributed by atoms with E-state index in [0.717, 1.165) is 50.1 Å². The second kappa shape index (κ2) is 7.92. The second-order valence-corrected chi connectivity index (χ2v) is 6.69. The van der Waals surface area contributed by atoms with E-state index in [0.29, 0.717) is 12.2 Å². The van der Waals surface area contributed by atoms with Crippen molar-refractivity contribution in [2.24, 2.45) is 0 Å². The van der Waals surface area contributed by atoms with E-state index >= 15 is 0 Å². The Morgan fingerprint density at radius 1 is 1.33 bits per heavy atom. The van der Waals surface area contributed by atoms with E-state index in [1.165, 1.54) is 0 Å². The lowest BCUT2D eigenvalue weighted by Crippen LogP contribution is -2.45. The standard InChI is InChI=1S/C16H26N2O2S/c1-12-10-21-11-15(12)16(19)17-6-4-5-7-18-8-13(2)20-14(3)9-18/h10-11,13-14H,4-9H2,1-3H3,(H,17,19). The van der Waals surface area contributed by atoms with Crippen molar-refractivity contribution in [3.63, 3.8) is 0 Å². The van der Waals surface area contributed by atoms with Crippen molar-refractivity contribution in [1.82, 2.24) is 10.2 Å². The maximum absolute atomic E-state index is 11.9. The zero-order valence-corrected chi connectivity index (χ0v) is 14.0. The number of unbranched alkanes of at least 4 members (excludes halogenated alkanes) is 1. The molecule has 0 bridgehead atoms. The van der Waals surface area contributed by atoms with Gasteiger partial charge in [0.05, 0.1) is 17.8 Å². The highest BCUT2D eigenvalue weighted by atomic mass is 32.1. The van der Waals surface area contributed by atoms with Crippen molar-refractivity contribution in [2.75, 3.05) is 26.2 Å². The summed E-state index contributed by atoms with van der Waals surface area (Å²) in [7, 11) is 0. The summed E-state index contributed by atoms with van der Waals surface area (Å²) >= 11 is 1.58. The SMILES string of the molecule is Cc1cscc1C(=O)NCCCCN1CC(C)OC(C)C1. The molecule has 0 saturated carbocycles. The average Bonchev–Trinajstić information content (AvgIpc) is 2.83. The molecule has 0 aliphatic carbocycles. The number of hydrogen-bond acceptors (Lipinski definition) is 4. The first-order valence-electron chi connectivity index (χ1n) is 7.75. The first-order chi connectivity index (χ1) is 10.1. The van der Waals surface area contributed by atoms with Crippen LogP contribution in [0.2, 0.25) is 0 Å². The molecule has 1 aliphatic rings. The van der Waals surface area contributed by atoms with Crippen LogP contribution in [0.25, 0.3) is 0 Å². The van der Waals surface area contributed by atoms with E-state index in [-0.39, 0.29) is 5.91 Å². The predicted molar refractivity (Wildman–Crippen MR) is 87.1 cm³/mol. The zero-order valence-electron chi connectivity index (χ0n) is 13.2. The summed E-state index contributed by atoms with van der Waals surface area (Å²) in [5.41, 5.74) is 1.88. The molecule has 1 aromatic heterocycles. The van der Waals surface area contributed by atoms with Gasteiger partial charge in [-0.05, 0) is 51.1 Å². The summed E-state index contributed by atoms with van der Waals surface area (Å²) < 4.78 is 5.73. The van der Waals surface area contributed by atoms with Gasteiger partial charge < -0.3 is 10.1 Å². The van der Waals surface area contributed by atoms with Crippen molar-refractivity contribution < 1.29 is 9.53 Å². The lowest BCUT2D eigenvalue weighted by molar-refractivity contribution is -0.0681. The summed E-state index contributed by atoms with van der Waals surface area (Å²) in [6, 6.07) is 0. The first-order valence-corrected chi connectivity index (χ1v) is 8.69. The topological polar surface area (TPSA) is 41.6 Å². The summed E-state index contributed by atoms with van der Waals surface area (Å²) in [6.45, 7) is 10.1. The number of nitrogens with zero attached hydrogens (tertiary/aromatic N) is 1. The molecule has 118 valence electrons. The van der Waals surface area contributed by atoms with Crippen molar-refractivity contribution in [2.45, 2.75) is 45.8 Å². The van der Waals surface area contributed by atoms with Crippen LogP contribution >= 0.6 is 11.3 Å². The molecule has 2 heterocycles. The Bertz CT molecular complexity index is 451. The third kappa shape index (κ3) is 5.09. The normalized spacial score (nSPS) is 23.2. The first kappa shape index (κ1) is 16.5. The molecule has 1 amide bonds. The van der Waals surface area contributed by atoms with Crippen LogP contribution < -0.4 is 5.32 Å². The van der Waals surface area contributed by atoms with Crippen LogP contribution in [0.15, 0.2) is 10.8 Å². The van der Waals surface area contributed by atoms with Crippen LogP contribution in [0.3, 0.4) is 0 Å². The third-order valence-electron chi connectivity index (χ3n) is 3.78. The minimum atomic E-state index is 0.0577. The number of hydrogen-bond donors (Lipinski definition) is 1. The fourth-order valence-electron chi connectivity index (χ4n) is 2.82. The van der Waals surface area contributed by atoms with E-state index in [4.69, 9.17) is 4.74 Å². The van der Waals surface area contributed by atoms with Crippen LogP contribution in [0.5, 0.6) is 0 Å². The van der Waals surface area contributed by atoms with Gasteiger partial charge in [-0.3, -0.25) is 9.69 Å². The summed E-state index contributed by atoms with van der Waals surface area (Å²) in [5, 5.41) is 6.93. The third-order valence-corrected chi connectivity index (χ3v) is 4.64. The molecule has 1 aromatic rings. The van der Waals surface area contributed by atoms with E-state index in [9.17, 15) is 4.79 Å². The number of aryl methyl sites for hydroxylation is 1. The lowest BCUT2D eigenvalue weighted by Gasteiger charge is -2.35. The molecule has 0 aromatic carbocycles. The Hall–Kier alpha value is -0.910. The minimum Gasteiger partial charge on any atom is -0.373 e. The number of nitrogens with one attached hydrogen (secondary N) is 1. The number of ether oxygens (including phenoxy) is 1. The van der Waals surface area contributed by atoms with Crippen LogP contribution in [0.4, 0.5) is 0 Å². The smallest absolute Gasteiger partial charge is 0.252 e. The summed E-state index contributed by atoms with van der Waals surface area (Å²) in [5.74, 6) is 0.0577. The highest BCUT2D eigenvalue weighted by molar-refractivity contribution is 7.08. The maximum atomic E-state index is 11.9. The van der Waals surface area contributed by atoms with Crippen LogP contribution in [-0.2, 0) is 4.74 Å². The lowest BCUT2D eigenvalue weighted by atomic mass is 10.2. The molecular weight excluding hydrogens is 284 g/mol. The van der Waals surface area contributed by atoms with Gasteiger partial charge in [-0.2, -0.15) is 11.3 Å². The van der Waals surface area contributed by atoms with Crippen molar-refractivity contribution >= 4 is 17.2 Å². The fraction of sp³-hybridized carbons (Fsp3) is 0.688. The Morgan fingerprint density at radius 2 is 2.05 bits per heavy atom. The van der Waals surface area contributed by atoms with E-state index in [2.05, 4.69) is 24.1 Å². The number of morpholine rings is 1. The highest BCUT2D eigenvalue weighted by Gasteiger charge is 2.21. The van der Waals surface area contributed by atoms with Crippen molar-refractivity contribution in [1.29, 1.82) is 0 Å². The Balaban J connectivity index is 1.60. The largest absolute Gasteiger partial charge is 0.373 e. The number of rotatable bonds is 6. The van der Waals surface area contributed by atoms with Gasteiger partial charge in [0, 0.05) is 25.0 Å². The fourth-order valence-corrected chi connectivity index (χ4v) is 3.65. The number of carbonyl (C=O) groups excluding carboxylic acids is 1. The van der Waals surface area contributed by atoms with Gasteiger partial charge in [0.25, 0.3) is 5.91 Å². The van der Waals surface area contributed by atoms with E-state index in [1.807, 2.05) is 17.7 Å². The van der Waals surface area contributed by atoms with Crippen molar-refractivity contribution in [3.05, 3.63) is 21.9 Å². The van der Waals surface area contributed by atoms with Gasteiger partial charge in [-0.1, -0.05) is 0 Å². The molecule has 2 atom stereocenters. The highest BCUT2D eigenvalue weighted by Crippen LogP contribution is 2.13. The van der Waals surface area contributed by atoms with Gasteiger partial charge in [-0.25, -0.2) is 0 Å². The molecule has 0 spiro atoms. The molecule has 1 N–H and O–H groups in total. The second-order valence-electron chi connectivity index (χ2n) is 5.95. The Kier molecular flexibility index (Phi) is 6.21. The number of thiophene rings is 1. The quantitative estimate of drug-likeness (QED) is 0.821. The Morgan fingerprint density at radius 3 is 2.67 bits per heavy atom. The van der Waals surface area contributed by atoms with Crippen LogP contribution in [0, 0.1) is 6.92 Å². The number of amides is 1. The molecular formula is C16H26N2O2S. The van der Waals surface area contributed by atoms with E-state index < -0.39 is 0 Å². The van der Waals surface area contributed by atoms with Crippen LogP contribution in [0.1, 0.15) is 42.6 Å². The van der Waals surface area contributed by atoms with Crippen molar-refractivity contribution in [3.8, 4) is 0 Å². The zero-order chi connectivity index (χ0) is 15.2. The van der Waals surface area contributed by atoms with Gasteiger partial charge >= 0.3 is 0 Å². The monoisotopic (exact) mass is 310 g/mol. The molecule has 1 aliphatic heterocycles. The Labute approximate surface area is 131 Å². The molecule has 4 nitrogen and oxygen atoms in total. The predicted octanol–water partition coefficient (Wildman–Crippen LogP) is 2.68. The molecule has 2 rings (SSSR count). The van der Waals surface area contributed by atoms with Gasteiger partial charge in [0.15, 0.2) is 0 Å². The van der Waals surface area contributed by atoms with Gasteiger partial charge in [0.2, 0.25) is 0 Å². The van der Waals surface area contributed by atoms with Gasteiger partial charge in [-0.15, -0.1) is 0 Å². The molecule has 1 saturated heterocycles. The molecule has 21 heavy (non-hydrogen) atoms. The molecule has 0 radical (unpaired) electrons. The van der Waals surface area contributed by atoms with Crippen LogP contribution in [-0.4, -0.2) is 49.2 Å². The number of carbonyl (C=O) groups is 1. The summed E-state index contributed by atoms with van der Waals surface area (Å²) in [6.07, 6.45) is 2.79. The maximum Gasteiger partial charge on any atom is 0.252 e. The van der Waals surface area contributed by atoms with Gasteiger partial charge in [0.1, 0.15) is 0 Å². The minimum absolute atomic E-state index is 0.0577. The molecule has 5 heteroatoms. The average molecular weight is 310 g/mol.